The Morgan fingerprint density at radius 1 is 0.594 bits per heavy atom. The van der Waals surface area contributed by atoms with Gasteiger partial charge in [0.25, 0.3) is 0 Å². The molecule has 0 spiro atoms. The first-order valence-corrected chi connectivity index (χ1v) is 14.3. The molecule has 0 fully saturated rings. The van der Waals surface area contributed by atoms with Gasteiger partial charge in [-0.15, -0.1) is 0 Å². The van der Waals surface area contributed by atoms with Gasteiger partial charge in [0.1, 0.15) is 0 Å². The van der Waals surface area contributed by atoms with Gasteiger partial charge in [-0.05, 0) is 70.5 Å². The van der Waals surface area contributed by atoms with Crippen LogP contribution < -0.4 is 0 Å². The van der Waals surface area contributed by atoms with E-state index in [1.807, 2.05) is 0 Å². The summed E-state index contributed by atoms with van der Waals surface area (Å²) in [6, 6.07) is 0. The fourth-order valence-electron chi connectivity index (χ4n) is 4.37. The number of rotatable bonds is 26. The molecule has 0 amide bonds. The van der Waals surface area contributed by atoms with E-state index in [-0.39, 0.29) is 6.61 Å². The van der Waals surface area contributed by atoms with Crippen LogP contribution in [0.1, 0.15) is 136 Å². The standard InChI is InChI=1S/C28H59NO3/c1-4-7-10-12-13-15-20-27(19-14-11-8-5-2)26-32-28(31)21-18-24-29(22-9-6-3)23-16-17-25-30/h27-28,30-31H,4-26H2,1-3H3. The van der Waals surface area contributed by atoms with Crippen LogP contribution in [0.25, 0.3) is 0 Å². The Morgan fingerprint density at radius 2 is 1.12 bits per heavy atom. The third kappa shape index (κ3) is 21.7. The highest BCUT2D eigenvalue weighted by Gasteiger charge is 2.13. The molecule has 0 bridgehead atoms. The molecule has 4 nitrogen and oxygen atoms in total. The molecule has 0 aromatic heterocycles. The quantitative estimate of drug-likeness (QED) is 0.106. The lowest BCUT2D eigenvalue weighted by atomic mass is 9.95. The third-order valence-electron chi connectivity index (χ3n) is 6.59. The lowest BCUT2D eigenvalue weighted by molar-refractivity contribution is -0.116. The van der Waals surface area contributed by atoms with E-state index < -0.39 is 6.29 Å². The van der Waals surface area contributed by atoms with Crippen LogP contribution in [0.4, 0.5) is 0 Å². The van der Waals surface area contributed by atoms with Gasteiger partial charge in [-0.25, -0.2) is 0 Å². The molecule has 0 aromatic rings. The summed E-state index contributed by atoms with van der Waals surface area (Å²) in [5.74, 6) is 0.604. The number of aliphatic hydroxyl groups is 2. The van der Waals surface area contributed by atoms with Crippen LogP contribution in [0, 0.1) is 5.92 Å². The zero-order chi connectivity index (χ0) is 23.7. The molecule has 0 heterocycles. The summed E-state index contributed by atoms with van der Waals surface area (Å²) in [7, 11) is 0. The van der Waals surface area contributed by atoms with E-state index in [4.69, 9.17) is 9.84 Å². The van der Waals surface area contributed by atoms with Gasteiger partial charge in [-0.3, -0.25) is 0 Å². The van der Waals surface area contributed by atoms with Crippen molar-refractivity contribution in [2.45, 2.75) is 143 Å². The number of nitrogens with zero attached hydrogens (tertiary/aromatic N) is 1. The molecule has 0 aliphatic rings. The average molecular weight is 458 g/mol. The Balaban J connectivity index is 4.17. The van der Waals surface area contributed by atoms with E-state index in [1.54, 1.807) is 0 Å². The number of hydrogen-bond acceptors (Lipinski definition) is 4. The van der Waals surface area contributed by atoms with Gasteiger partial charge in [0.15, 0.2) is 6.29 Å². The Bertz CT molecular complexity index is 354. The summed E-state index contributed by atoms with van der Waals surface area (Å²) >= 11 is 0. The van der Waals surface area contributed by atoms with Crippen molar-refractivity contribution in [1.82, 2.24) is 4.90 Å². The van der Waals surface area contributed by atoms with Crippen molar-refractivity contribution < 1.29 is 14.9 Å². The molecular formula is C28H59NO3. The number of ether oxygens (including phenoxy) is 1. The Morgan fingerprint density at radius 3 is 1.75 bits per heavy atom. The first-order valence-electron chi connectivity index (χ1n) is 14.3. The Labute approximate surface area is 201 Å². The van der Waals surface area contributed by atoms with Crippen molar-refractivity contribution in [2.75, 3.05) is 32.8 Å². The van der Waals surface area contributed by atoms with E-state index in [0.29, 0.717) is 5.92 Å². The lowest BCUT2D eigenvalue weighted by Gasteiger charge is -2.23. The van der Waals surface area contributed by atoms with Crippen molar-refractivity contribution in [3.63, 3.8) is 0 Å². The van der Waals surface area contributed by atoms with E-state index in [0.717, 1.165) is 51.9 Å². The van der Waals surface area contributed by atoms with E-state index in [9.17, 15) is 5.11 Å². The molecular weight excluding hydrogens is 398 g/mol. The molecule has 0 rings (SSSR count). The van der Waals surface area contributed by atoms with Crippen molar-refractivity contribution in [3.05, 3.63) is 0 Å². The zero-order valence-corrected chi connectivity index (χ0v) is 22.2. The van der Waals surface area contributed by atoms with Gasteiger partial charge in [-0.1, -0.05) is 91.4 Å². The monoisotopic (exact) mass is 457 g/mol. The number of aliphatic hydroxyl groups excluding tert-OH is 2. The molecule has 194 valence electrons. The third-order valence-corrected chi connectivity index (χ3v) is 6.59. The molecule has 0 saturated heterocycles. The molecule has 0 aliphatic heterocycles. The van der Waals surface area contributed by atoms with Crippen molar-refractivity contribution in [2.24, 2.45) is 5.92 Å². The highest BCUT2D eigenvalue weighted by atomic mass is 16.6. The van der Waals surface area contributed by atoms with Gasteiger partial charge in [0, 0.05) is 6.61 Å². The van der Waals surface area contributed by atoms with Gasteiger partial charge in [0.05, 0.1) is 6.61 Å². The molecule has 0 aliphatic carbocycles. The van der Waals surface area contributed by atoms with Crippen molar-refractivity contribution >= 4 is 0 Å². The SMILES string of the molecule is CCCCCCCCC(CCCCCC)COC(O)CCCN(CCCC)CCCCO. The second kappa shape index (κ2) is 25.5. The maximum absolute atomic E-state index is 10.4. The number of unbranched alkanes of at least 4 members (excludes halogenated alkanes) is 10. The largest absolute Gasteiger partial charge is 0.396 e. The first-order chi connectivity index (χ1) is 15.7. The average Bonchev–Trinajstić information content (AvgIpc) is 2.80. The maximum atomic E-state index is 10.4. The predicted octanol–water partition coefficient (Wildman–Crippen LogP) is 7.31. The summed E-state index contributed by atoms with van der Waals surface area (Å²) in [5.41, 5.74) is 0. The second-order valence-corrected chi connectivity index (χ2v) is 9.83. The van der Waals surface area contributed by atoms with Crippen LogP contribution in [0.3, 0.4) is 0 Å². The van der Waals surface area contributed by atoms with Crippen LogP contribution >= 0.6 is 0 Å². The minimum Gasteiger partial charge on any atom is -0.396 e. The van der Waals surface area contributed by atoms with E-state index in [1.165, 1.54) is 89.9 Å². The smallest absolute Gasteiger partial charge is 0.154 e. The molecule has 32 heavy (non-hydrogen) atoms. The summed E-state index contributed by atoms with van der Waals surface area (Å²) in [4.78, 5) is 2.49. The minimum absolute atomic E-state index is 0.284. The van der Waals surface area contributed by atoms with Crippen molar-refractivity contribution in [3.8, 4) is 0 Å². The normalized spacial score (nSPS) is 13.7. The summed E-state index contributed by atoms with van der Waals surface area (Å²) in [6.07, 6.45) is 21.3. The van der Waals surface area contributed by atoms with Crippen LogP contribution in [-0.4, -0.2) is 54.3 Å². The molecule has 4 heteroatoms. The Kier molecular flexibility index (Phi) is 25.3. The fourth-order valence-corrected chi connectivity index (χ4v) is 4.37. The van der Waals surface area contributed by atoms with Gasteiger partial charge in [0.2, 0.25) is 0 Å². The van der Waals surface area contributed by atoms with Crippen molar-refractivity contribution in [1.29, 1.82) is 0 Å². The lowest BCUT2D eigenvalue weighted by Crippen LogP contribution is -2.28. The second-order valence-electron chi connectivity index (χ2n) is 9.83. The van der Waals surface area contributed by atoms with Gasteiger partial charge < -0.3 is 19.8 Å². The molecule has 2 atom stereocenters. The summed E-state index contributed by atoms with van der Waals surface area (Å²) in [6.45, 7) is 11.0. The van der Waals surface area contributed by atoms with Crippen LogP contribution in [0.15, 0.2) is 0 Å². The highest BCUT2D eigenvalue weighted by Crippen LogP contribution is 2.20. The van der Waals surface area contributed by atoms with Crippen LogP contribution in [-0.2, 0) is 4.74 Å². The topological polar surface area (TPSA) is 52.9 Å². The van der Waals surface area contributed by atoms with E-state index >= 15 is 0 Å². The van der Waals surface area contributed by atoms with E-state index in [2.05, 4.69) is 25.7 Å². The highest BCUT2D eigenvalue weighted by molar-refractivity contribution is 4.63. The van der Waals surface area contributed by atoms with Gasteiger partial charge >= 0.3 is 0 Å². The molecule has 2 unspecified atom stereocenters. The zero-order valence-electron chi connectivity index (χ0n) is 22.2. The van der Waals surface area contributed by atoms with Crippen LogP contribution in [0.2, 0.25) is 0 Å². The molecule has 0 radical (unpaired) electrons. The predicted molar refractivity (Wildman–Crippen MR) is 139 cm³/mol. The summed E-state index contributed by atoms with van der Waals surface area (Å²) in [5, 5.41) is 19.4. The molecule has 0 saturated carbocycles. The first kappa shape index (κ1) is 31.8. The van der Waals surface area contributed by atoms with Crippen LogP contribution in [0.5, 0.6) is 0 Å². The molecule has 2 N–H and O–H groups in total. The molecule has 0 aromatic carbocycles. The van der Waals surface area contributed by atoms with Gasteiger partial charge in [-0.2, -0.15) is 0 Å². The minimum atomic E-state index is -0.622. The Hall–Kier alpha value is -0.160. The fraction of sp³-hybridized carbons (Fsp3) is 1.00. The summed E-state index contributed by atoms with van der Waals surface area (Å²) < 4.78 is 5.92. The maximum Gasteiger partial charge on any atom is 0.154 e. The number of hydrogen-bond donors (Lipinski definition) is 2.